The summed E-state index contributed by atoms with van der Waals surface area (Å²) in [6.45, 7) is 8.54. The standard InChI is InChI=1S/C23H40N4O2.HI/c1-4-24-23(25-14-7-5-8-16-27-17-9-6-10-18-27)26-15-13-20-11-12-21(28-2)22(19-20)29-3;/h11-12,19H,4-10,13-18H2,1-3H3,(H2,24,25,26);1H. The summed E-state index contributed by atoms with van der Waals surface area (Å²) in [6, 6.07) is 6.07. The van der Waals surface area contributed by atoms with E-state index in [1.54, 1.807) is 14.2 Å². The van der Waals surface area contributed by atoms with E-state index in [2.05, 4.69) is 28.5 Å². The maximum Gasteiger partial charge on any atom is 0.191 e. The van der Waals surface area contributed by atoms with Crippen molar-refractivity contribution in [3.05, 3.63) is 23.8 Å². The molecule has 0 aliphatic carbocycles. The van der Waals surface area contributed by atoms with Gasteiger partial charge in [0.25, 0.3) is 0 Å². The number of halogens is 1. The molecule has 0 unspecified atom stereocenters. The molecule has 0 atom stereocenters. The predicted octanol–water partition coefficient (Wildman–Crippen LogP) is 4.08. The zero-order valence-electron chi connectivity index (χ0n) is 19.0. The first kappa shape index (κ1) is 26.8. The molecule has 6 nitrogen and oxygen atoms in total. The highest BCUT2D eigenvalue weighted by Gasteiger charge is 2.08. The van der Waals surface area contributed by atoms with E-state index < -0.39 is 0 Å². The van der Waals surface area contributed by atoms with Crippen molar-refractivity contribution in [2.75, 3.05) is 53.5 Å². The van der Waals surface area contributed by atoms with Crippen molar-refractivity contribution in [1.82, 2.24) is 15.5 Å². The fourth-order valence-electron chi connectivity index (χ4n) is 3.70. The van der Waals surface area contributed by atoms with Gasteiger partial charge in [0, 0.05) is 19.6 Å². The Morgan fingerprint density at radius 3 is 2.47 bits per heavy atom. The molecule has 0 spiro atoms. The molecule has 172 valence electrons. The number of rotatable bonds is 12. The van der Waals surface area contributed by atoms with Crippen LogP contribution in [0.15, 0.2) is 23.2 Å². The second-order valence-corrected chi connectivity index (χ2v) is 7.59. The van der Waals surface area contributed by atoms with Crippen LogP contribution in [-0.4, -0.2) is 64.3 Å². The van der Waals surface area contributed by atoms with Crippen LogP contribution in [0, 0.1) is 0 Å². The zero-order chi connectivity index (χ0) is 20.7. The highest BCUT2D eigenvalue weighted by atomic mass is 127. The zero-order valence-corrected chi connectivity index (χ0v) is 21.4. The number of unbranched alkanes of at least 4 members (excludes halogenated alkanes) is 2. The van der Waals surface area contributed by atoms with Gasteiger partial charge < -0.3 is 25.0 Å². The van der Waals surface area contributed by atoms with Crippen LogP contribution in [0.5, 0.6) is 11.5 Å². The quantitative estimate of drug-likeness (QED) is 0.184. The molecular weight excluding hydrogens is 491 g/mol. The van der Waals surface area contributed by atoms with Crippen LogP contribution < -0.4 is 20.1 Å². The number of piperidine rings is 1. The first-order valence-electron chi connectivity index (χ1n) is 11.2. The highest BCUT2D eigenvalue weighted by Crippen LogP contribution is 2.27. The predicted molar refractivity (Wildman–Crippen MR) is 137 cm³/mol. The summed E-state index contributed by atoms with van der Waals surface area (Å²) in [4.78, 5) is 7.34. The first-order valence-corrected chi connectivity index (χ1v) is 11.2. The fourth-order valence-corrected chi connectivity index (χ4v) is 3.70. The highest BCUT2D eigenvalue weighted by molar-refractivity contribution is 14.0. The SMILES string of the molecule is CCNC(=NCCCCCN1CCCCC1)NCCc1ccc(OC)c(OC)c1.I. The number of likely N-dealkylation sites (tertiary alicyclic amines) is 1. The van der Waals surface area contributed by atoms with Gasteiger partial charge in [0.15, 0.2) is 17.5 Å². The molecule has 7 heteroatoms. The topological polar surface area (TPSA) is 58.1 Å². The normalized spacial score (nSPS) is 14.7. The Kier molecular flexibility index (Phi) is 14.7. The molecule has 2 N–H and O–H groups in total. The van der Waals surface area contributed by atoms with Crippen molar-refractivity contribution in [2.45, 2.75) is 51.9 Å². The minimum absolute atomic E-state index is 0. The van der Waals surface area contributed by atoms with Crippen LogP contribution in [0.1, 0.15) is 51.0 Å². The molecule has 2 rings (SSSR count). The average Bonchev–Trinajstić information content (AvgIpc) is 2.76. The molecule has 0 saturated carbocycles. The van der Waals surface area contributed by atoms with Gasteiger partial charge >= 0.3 is 0 Å². The number of methoxy groups -OCH3 is 2. The molecule has 0 bridgehead atoms. The molecule has 1 aliphatic heterocycles. The number of hydrogen-bond acceptors (Lipinski definition) is 4. The summed E-state index contributed by atoms with van der Waals surface area (Å²) in [5, 5.41) is 6.77. The maximum atomic E-state index is 5.38. The number of guanidine groups is 1. The van der Waals surface area contributed by atoms with E-state index in [1.165, 1.54) is 57.3 Å². The summed E-state index contributed by atoms with van der Waals surface area (Å²) in [7, 11) is 3.33. The van der Waals surface area contributed by atoms with Gasteiger partial charge in [0.1, 0.15) is 0 Å². The van der Waals surface area contributed by atoms with Gasteiger partial charge in [0.05, 0.1) is 14.2 Å². The van der Waals surface area contributed by atoms with E-state index in [4.69, 9.17) is 14.5 Å². The monoisotopic (exact) mass is 532 g/mol. The summed E-state index contributed by atoms with van der Waals surface area (Å²) >= 11 is 0. The van der Waals surface area contributed by atoms with Gasteiger partial charge in [-0.25, -0.2) is 0 Å². The number of aliphatic imine (C=N–C) groups is 1. The molecule has 0 radical (unpaired) electrons. The van der Waals surface area contributed by atoms with E-state index in [-0.39, 0.29) is 24.0 Å². The number of ether oxygens (including phenoxy) is 2. The molecular formula is C23H41IN4O2. The fraction of sp³-hybridized carbons (Fsp3) is 0.696. The second kappa shape index (κ2) is 16.5. The third kappa shape index (κ3) is 10.2. The molecule has 30 heavy (non-hydrogen) atoms. The lowest BCUT2D eigenvalue weighted by Crippen LogP contribution is -2.38. The van der Waals surface area contributed by atoms with E-state index >= 15 is 0 Å². The number of nitrogens with zero attached hydrogens (tertiary/aromatic N) is 2. The third-order valence-corrected chi connectivity index (χ3v) is 5.35. The Morgan fingerprint density at radius 2 is 1.77 bits per heavy atom. The molecule has 1 aromatic carbocycles. The minimum Gasteiger partial charge on any atom is -0.493 e. The van der Waals surface area contributed by atoms with Crippen molar-refractivity contribution in [1.29, 1.82) is 0 Å². The Morgan fingerprint density at radius 1 is 1.00 bits per heavy atom. The van der Waals surface area contributed by atoms with Crippen molar-refractivity contribution in [2.24, 2.45) is 4.99 Å². The number of benzene rings is 1. The van der Waals surface area contributed by atoms with Crippen LogP contribution in [0.4, 0.5) is 0 Å². The Hall–Kier alpha value is -1.22. The summed E-state index contributed by atoms with van der Waals surface area (Å²) in [6.07, 6.45) is 8.78. The van der Waals surface area contributed by atoms with Gasteiger partial charge in [-0.1, -0.05) is 18.9 Å². The van der Waals surface area contributed by atoms with Crippen molar-refractivity contribution < 1.29 is 9.47 Å². The molecule has 1 saturated heterocycles. The lowest BCUT2D eigenvalue weighted by atomic mass is 10.1. The van der Waals surface area contributed by atoms with Gasteiger partial charge in [-0.15, -0.1) is 24.0 Å². The molecule has 1 aromatic rings. The smallest absolute Gasteiger partial charge is 0.191 e. The Bertz CT molecular complexity index is 607. The van der Waals surface area contributed by atoms with Crippen LogP contribution in [0.3, 0.4) is 0 Å². The Balaban J connectivity index is 0.00000450. The molecule has 1 aliphatic rings. The molecule has 1 fully saturated rings. The lowest BCUT2D eigenvalue weighted by molar-refractivity contribution is 0.224. The van der Waals surface area contributed by atoms with Crippen LogP contribution in [0.2, 0.25) is 0 Å². The van der Waals surface area contributed by atoms with E-state index in [1.807, 2.05) is 12.1 Å². The average molecular weight is 533 g/mol. The summed E-state index contributed by atoms with van der Waals surface area (Å²) < 4.78 is 10.7. The van der Waals surface area contributed by atoms with Gasteiger partial charge in [-0.05, 0) is 76.4 Å². The largest absolute Gasteiger partial charge is 0.493 e. The number of hydrogen-bond donors (Lipinski definition) is 2. The van der Waals surface area contributed by atoms with Gasteiger partial charge in [0.2, 0.25) is 0 Å². The summed E-state index contributed by atoms with van der Waals surface area (Å²) in [5.41, 5.74) is 1.21. The van der Waals surface area contributed by atoms with Crippen LogP contribution in [0.25, 0.3) is 0 Å². The molecule has 0 aromatic heterocycles. The number of nitrogens with one attached hydrogen (secondary N) is 2. The maximum absolute atomic E-state index is 5.38. The second-order valence-electron chi connectivity index (χ2n) is 7.59. The van der Waals surface area contributed by atoms with Crippen LogP contribution in [-0.2, 0) is 6.42 Å². The van der Waals surface area contributed by atoms with Crippen molar-refractivity contribution >= 4 is 29.9 Å². The molecule has 1 heterocycles. The molecule has 0 amide bonds. The van der Waals surface area contributed by atoms with E-state index in [0.29, 0.717) is 0 Å². The van der Waals surface area contributed by atoms with E-state index in [9.17, 15) is 0 Å². The van der Waals surface area contributed by atoms with Crippen molar-refractivity contribution in [3.63, 3.8) is 0 Å². The Labute approximate surface area is 200 Å². The lowest BCUT2D eigenvalue weighted by Gasteiger charge is -2.26. The minimum atomic E-state index is 0. The summed E-state index contributed by atoms with van der Waals surface area (Å²) in [5.74, 6) is 2.44. The third-order valence-electron chi connectivity index (χ3n) is 5.35. The first-order chi connectivity index (χ1) is 14.3. The van der Waals surface area contributed by atoms with E-state index in [0.717, 1.165) is 49.9 Å². The van der Waals surface area contributed by atoms with Crippen molar-refractivity contribution in [3.8, 4) is 11.5 Å². The van der Waals surface area contributed by atoms with Gasteiger partial charge in [-0.2, -0.15) is 0 Å². The van der Waals surface area contributed by atoms with Gasteiger partial charge in [-0.3, -0.25) is 4.99 Å². The van der Waals surface area contributed by atoms with Crippen LogP contribution >= 0.6 is 24.0 Å².